The Morgan fingerprint density at radius 1 is 1.09 bits per heavy atom. The smallest absolute Gasteiger partial charge is 0.282 e. The van der Waals surface area contributed by atoms with Gasteiger partial charge in [-0.25, -0.2) is 0 Å². The van der Waals surface area contributed by atoms with Gasteiger partial charge in [0.25, 0.3) is 5.91 Å². The molecule has 1 N–H and O–H groups in total. The first-order chi connectivity index (χ1) is 15.4. The third kappa shape index (κ3) is 4.49. The average Bonchev–Trinajstić information content (AvgIpc) is 3.15. The molecular weight excluding hydrogens is 410 g/mol. The van der Waals surface area contributed by atoms with Gasteiger partial charge >= 0.3 is 0 Å². The molecule has 0 saturated heterocycles. The second kappa shape index (κ2) is 8.97. The molecule has 0 atom stereocenters. The first-order valence-electron chi connectivity index (χ1n) is 10.0. The number of allylic oxidation sites excluding steroid dienone is 1. The number of rotatable bonds is 7. The van der Waals surface area contributed by atoms with Gasteiger partial charge in [-0.05, 0) is 55.3 Å². The molecule has 0 spiro atoms. The molecule has 0 saturated carbocycles. The monoisotopic (exact) mass is 433 g/mol. The summed E-state index contributed by atoms with van der Waals surface area (Å²) in [6, 6.07) is 13.1. The number of methoxy groups -OCH3 is 1. The first kappa shape index (κ1) is 21.2. The van der Waals surface area contributed by atoms with Crippen molar-refractivity contribution >= 4 is 23.7 Å². The molecule has 8 heteroatoms. The standard InChI is InChI=1S/C24H23N3O5/c1-15-5-4-6-18(11-15)30-9-10-31-20-8-7-17(14-21(20)29-3)13-19-23(25)27-22(26-24(19)28)12-16(2)32-27/h4-8,11-14,25H,9-10H2,1-3H3/b19-13+,25-23?. The predicted octanol–water partition coefficient (Wildman–Crippen LogP) is 3.91. The zero-order valence-corrected chi connectivity index (χ0v) is 18.0. The fourth-order valence-corrected chi connectivity index (χ4v) is 3.28. The van der Waals surface area contributed by atoms with Crippen molar-refractivity contribution < 1.29 is 23.8 Å². The molecule has 0 aromatic heterocycles. The molecule has 1 amide bonds. The minimum atomic E-state index is -0.497. The third-order valence-corrected chi connectivity index (χ3v) is 4.78. The summed E-state index contributed by atoms with van der Waals surface area (Å²) in [6.45, 7) is 4.46. The van der Waals surface area contributed by atoms with Crippen molar-refractivity contribution in [3.63, 3.8) is 0 Å². The lowest BCUT2D eigenvalue weighted by atomic mass is 10.1. The molecular formula is C24H23N3O5. The highest BCUT2D eigenvalue weighted by Gasteiger charge is 2.34. The van der Waals surface area contributed by atoms with Crippen molar-refractivity contribution in [3.8, 4) is 17.2 Å². The lowest BCUT2D eigenvalue weighted by Crippen LogP contribution is -2.38. The maximum absolute atomic E-state index is 12.4. The minimum Gasteiger partial charge on any atom is -0.493 e. The van der Waals surface area contributed by atoms with E-state index >= 15 is 0 Å². The van der Waals surface area contributed by atoms with Crippen LogP contribution in [0.2, 0.25) is 0 Å². The number of nitrogens with zero attached hydrogens (tertiary/aromatic N) is 2. The highest BCUT2D eigenvalue weighted by atomic mass is 16.7. The van der Waals surface area contributed by atoms with Gasteiger partial charge in [0.15, 0.2) is 23.2 Å². The Morgan fingerprint density at radius 2 is 1.91 bits per heavy atom. The summed E-state index contributed by atoms with van der Waals surface area (Å²) < 4.78 is 16.9. The Labute approximate surface area is 185 Å². The summed E-state index contributed by atoms with van der Waals surface area (Å²) in [5, 5.41) is 9.54. The molecule has 0 aliphatic carbocycles. The van der Waals surface area contributed by atoms with Gasteiger partial charge < -0.3 is 19.0 Å². The molecule has 2 aliphatic rings. The maximum atomic E-state index is 12.4. The topological polar surface area (TPSA) is 93.4 Å². The maximum Gasteiger partial charge on any atom is 0.282 e. The first-order valence-corrected chi connectivity index (χ1v) is 10.0. The van der Waals surface area contributed by atoms with Gasteiger partial charge in [0, 0.05) is 6.08 Å². The van der Waals surface area contributed by atoms with E-state index in [1.165, 1.54) is 5.06 Å². The highest BCUT2D eigenvalue weighted by molar-refractivity contribution is 6.32. The van der Waals surface area contributed by atoms with E-state index in [0.29, 0.717) is 41.9 Å². The molecule has 2 aromatic carbocycles. The number of aliphatic imine (C=N–C) groups is 1. The summed E-state index contributed by atoms with van der Waals surface area (Å²) in [5.74, 6) is 2.16. The number of carbonyl (C=O) groups excluding carboxylic acids is 1. The Balaban J connectivity index is 1.43. The summed E-state index contributed by atoms with van der Waals surface area (Å²) in [6.07, 6.45) is 3.19. The van der Waals surface area contributed by atoms with E-state index < -0.39 is 5.91 Å². The Bertz CT molecular complexity index is 1170. The van der Waals surface area contributed by atoms with E-state index in [0.717, 1.165) is 11.3 Å². The van der Waals surface area contributed by atoms with Gasteiger partial charge in [0.2, 0.25) is 0 Å². The van der Waals surface area contributed by atoms with Gasteiger partial charge in [-0.2, -0.15) is 4.99 Å². The van der Waals surface area contributed by atoms with Crippen LogP contribution in [0.3, 0.4) is 0 Å². The van der Waals surface area contributed by atoms with Crippen LogP contribution in [-0.4, -0.2) is 43.0 Å². The molecule has 4 rings (SSSR count). The SMILES string of the molecule is COc1cc(/C=C2\C(=N)N3OC(C)=CC3=NC2=O)ccc1OCCOc1cccc(C)c1. The van der Waals surface area contributed by atoms with Gasteiger partial charge in [0.05, 0.1) is 12.7 Å². The summed E-state index contributed by atoms with van der Waals surface area (Å²) in [5.41, 5.74) is 1.92. The van der Waals surface area contributed by atoms with Crippen molar-refractivity contribution in [2.45, 2.75) is 13.8 Å². The van der Waals surface area contributed by atoms with Gasteiger partial charge in [-0.1, -0.05) is 18.2 Å². The van der Waals surface area contributed by atoms with E-state index in [4.69, 9.17) is 24.5 Å². The van der Waals surface area contributed by atoms with Crippen molar-refractivity contribution in [1.82, 2.24) is 5.06 Å². The van der Waals surface area contributed by atoms with Crippen LogP contribution in [0.5, 0.6) is 17.2 Å². The number of hydrogen-bond donors (Lipinski definition) is 1. The molecule has 164 valence electrons. The quantitative estimate of drug-likeness (QED) is 0.526. The number of benzene rings is 2. The minimum absolute atomic E-state index is 0.0688. The highest BCUT2D eigenvalue weighted by Crippen LogP contribution is 2.30. The van der Waals surface area contributed by atoms with Gasteiger partial charge in [-0.3, -0.25) is 10.2 Å². The number of aryl methyl sites for hydroxylation is 1. The normalized spacial score (nSPS) is 16.3. The second-order valence-electron chi connectivity index (χ2n) is 7.25. The average molecular weight is 433 g/mol. The van der Waals surface area contributed by atoms with Crippen molar-refractivity contribution in [3.05, 3.63) is 71.0 Å². The van der Waals surface area contributed by atoms with E-state index in [-0.39, 0.29) is 11.4 Å². The van der Waals surface area contributed by atoms with Crippen molar-refractivity contribution in [1.29, 1.82) is 5.41 Å². The molecule has 8 nitrogen and oxygen atoms in total. The Kier molecular flexibility index (Phi) is 5.93. The number of hydrogen-bond acceptors (Lipinski definition) is 6. The Morgan fingerprint density at radius 3 is 2.69 bits per heavy atom. The van der Waals surface area contributed by atoms with Crippen LogP contribution < -0.4 is 14.2 Å². The zero-order chi connectivity index (χ0) is 22.7. The number of ether oxygens (including phenoxy) is 3. The van der Waals surface area contributed by atoms with E-state index in [9.17, 15) is 4.79 Å². The van der Waals surface area contributed by atoms with Crippen LogP contribution in [0.1, 0.15) is 18.1 Å². The zero-order valence-electron chi connectivity index (χ0n) is 18.0. The largest absolute Gasteiger partial charge is 0.493 e. The molecule has 2 heterocycles. The molecule has 0 fully saturated rings. The van der Waals surface area contributed by atoms with Crippen LogP contribution in [0.15, 0.2) is 64.9 Å². The van der Waals surface area contributed by atoms with Crippen LogP contribution in [0.4, 0.5) is 0 Å². The van der Waals surface area contributed by atoms with Crippen LogP contribution in [0, 0.1) is 12.3 Å². The van der Waals surface area contributed by atoms with Crippen LogP contribution in [0.25, 0.3) is 6.08 Å². The molecule has 32 heavy (non-hydrogen) atoms. The second-order valence-corrected chi connectivity index (χ2v) is 7.25. The number of carbonyl (C=O) groups is 1. The van der Waals surface area contributed by atoms with Crippen molar-refractivity contribution in [2.75, 3.05) is 20.3 Å². The molecule has 0 radical (unpaired) electrons. The number of amidine groups is 2. The molecule has 0 bridgehead atoms. The number of hydroxylamine groups is 2. The van der Waals surface area contributed by atoms with Crippen molar-refractivity contribution in [2.24, 2.45) is 4.99 Å². The summed E-state index contributed by atoms with van der Waals surface area (Å²) in [7, 11) is 1.54. The summed E-state index contributed by atoms with van der Waals surface area (Å²) in [4.78, 5) is 21.8. The van der Waals surface area contributed by atoms with Crippen LogP contribution >= 0.6 is 0 Å². The predicted molar refractivity (Wildman–Crippen MR) is 120 cm³/mol. The Hall–Kier alpha value is -4.07. The van der Waals surface area contributed by atoms with E-state index in [1.807, 2.05) is 31.2 Å². The number of nitrogens with one attached hydrogen (secondary N) is 1. The van der Waals surface area contributed by atoms with E-state index in [1.54, 1.807) is 44.4 Å². The number of amides is 1. The number of fused-ring (bicyclic) bond motifs is 1. The van der Waals surface area contributed by atoms with Crippen LogP contribution in [-0.2, 0) is 9.63 Å². The lowest BCUT2D eigenvalue weighted by Gasteiger charge is -2.23. The molecule has 0 unspecified atom stereocenters. The third-order valence-electron chi connectivity index (χ3n) is 4.78. The van der Waals surface area contributed by atoms with Gasteiger partial charge in [0.1, 0.15) is 24.7 Å². The van der Waals surface area contributed by atoms with E-state index in [2.05, 4.69) is 4.99 Å². The lowest BCUT2D eigenvalue weighted by molar-refractivity contribution is -0.114. The molecule has 2 aromatic rings. The van der Waals surface area contributed by atoms with Gasteiger partial charge in [-0.15, -0.1) is 5.06 Å². The fourth-order valence-electron chi connectivity index (χ4n) is 3.28. The fraction of sp³-hybridized carbons (Fsp3) is 0.208. The molecule has 2 aliphatic heterocycles. The summed E-state index contributed by atoms with van der Waals surface area (Å²) >= 11 is 0.